The van der Waals surface area contributed by atoms with E-state index in [0.29, 0.717) is 18.0 Å². The molecule has 0 unspecified atom stereocenters. The first-order chi connectivity index (χ1) is 8.97. The molecular formula is C13H16N2O4. The Morgan fingerprint density at radius 3 is 2.47 bits per heavy atom. The summed E-state index contributed by atoms with van der Waals surface area (Å²) in [7, 11) is 0. The summed E-state index contributed by atoms with van der Waals surface area (Å²) in [5.41, 5.74) is 1.44. The minimum Gasteiger partial charge on any atom is -0.482 e. The Balaban J connectivity index is 2.45. The molecular weight excluding hydrogens is 248 g/mol. The molecule has 102 valence electrons. The maximum atomic E-state index is 11.4. The van der Waals surface area contributed by atoms with Crippen molar-refractivity contribution in [2.24, 2.45) is 0 Å². The van der Waals surface area contributed by atoms with Crippen molar-refractivity contribution >= 4 is 17.7 Å². The summed E-state index contributed by atoms with van der Waals surface area (Å²) in [6, 6.07) is 6.08. The predicted octanol–water partition coefficient (Wildman–Crippen LogP) is 1.85. The first-order valence-corrected chi connectivity index (χ1v) is 5.61. The topological polar surface area (TPSA) is 87.7 Å². The fourth-order valence-electron chi connectivity index (χ4n) is 1.19. The molecule has 2 amide bonds. The number of ether oxygens (including phenoxy) is 1. The largest absolute Gasteiger partial charge is 0.482 e. The van der Waals surface area contributed by atoms with Gasteiger partial charge in [0.2, 0.25) is 0 Å². The van der Waals surface area contributed by atoms with Gasteiger partial charge in [0.25, 0.3) is 0 Å². The van der Waals surface area contributed by atoms with Crippen LogP contribution in [0.2, 0.25) is 0 Å². The average Bonchev–Trinajstić information content (AvgIpc) is 2.35. The lowest BCUT2D eigenvalue weighted by Gasteiger charge is -2.08. The van der Waals surface area contributed by atoms with Crippen molar-refractivity contribution in [2.45, 2.75) is 6.92 Å². The minimum atomic E-state index is -1.04. The molecule has 19 heavy (non-hydrogen) atoms. The number of hydrogen-bond acceptors (Lipinski definition) is 3. The SMILES string of the molecule is C=C(C)CNC(=O)Nc1ccc(OCC(=O)O)cc1. The van der Waals surface area contributed by atoms with Crippen molar-refractivity contribution in [3.8, 4) is 5.75 Å². The van der Waals surface area contributed by atoms with E-state index in [0.717, 1.165) is 5.57 Å². The third-order valence-electron chi connectivity index (χ3n) is 2.03. The van der Waals surface area contributed by atoms with Crippen LogP contribution < -0.4 is 15.4 Å². The van der Waals surface area contributed by atoms with Crippen LogP contribution in [0.4, 0.5) is 10.5 Å². The first kappa shape index (κ1) is 14.6. The molecule has 1 aromatic carbocycles. The minimum absolute atomic E-state index is 0.331. The van der Waals surface area contributed by atoms with Crippen LogP contribution in [-0.2, 0) is 4.79 Å². The van der Waals surface area contributed by atoms with Gasteiger partial charge in [-0.15, -0.1) is 0 Å². The van der Waals surface area contributed by atoms with Crippen molar-refractivity contribution in [2.75, 3.05) is 18.5 Å². The van der Waals surface area contributed by atoms with Gasteiger partial charge in [-0.3, -0.25) is 0 Å². The third kappa shape index (κ3) is 6.11. The number of hydrogen-bond donors (Lipinski definition) is 3. The van der Waals surface area contributed by atoms with Gasteiger partial charge in [-0.05, 0) is 31.2 Å². The van der Waals surface area contributed by atoms with E-state index in [9.17, 15) is 9.59 Å². The molecule has 3 N–H and O–H groups in total. The molecule has 1 aromatic rings. The number of carbonyl (C=O) groups excluding carboxylic acids is 1. The Labute approximate surface area is 111 Å². The van der Waals surface area contributed by atoms with E-state index in [1.54, 1.807) is 24.3 Å². The highest BCUT2D eigenvalue weighted by atomic mass is 16.5. The quantitative estimate of drug-likeness (QED) is 0.684. The van der Waals surface area contributed by atoms with E-state index in [2.05, 4.69) is 17.2 Å². The van der Waals surface area contributed by atoms with E-state index in [-0.39, 0.29) is 6.03 Å². The molecule has 0 fully saturated rings. The molecule has 1 rings (SSSR count). The number of carboxylic acid groups (broad SMARTS) is 1. The standard InChI is InChI=1S/C13H16N2O4/c1-9(2)7-14-13(18)15-10-3-5-11(6-4-10)19-8-12(16)17/h3-6H,1,7-8H2,2H3,(H,16,17)(H2,14,15,18). The molecule has 0 atom stereocenters. The van der Waals surface area contributed by atoms with E-state index in [1.807, 2.05) is 6.92 Å². The Morgan fingerprint density at radius 1 is 1.32 bits per heavy atom. The second-order valence-electron chi connectivity index (χ2n) is 3.97. The summed E-state index contributed by atoms with van der Waals surface area (Å²) in [4.78, 5) is 21.8. The van der Waals surface area contributed by atoms with Crippen LogP contribution in [0, 0.1) is 0 Å². The lowest BCUT2D eigenvalue weighted by atomic mass is 10.3. The zero-order chi connectivity index (χ0) is 14.3. The fourth-order valence-corrected chi connectivity index (χ4v) is 1.19. The third-order valence-corrected chi connectivity index (χ3v) is 2.03. The number of nitrogens with one attached hydrogen (secondary N) is 2. The van der Waals surface area contributed by atoms with Crippen molar-refractivity contribution in [3.63, 3.8) is 0 Å². The number of carboxylic acids is 1. The Bertz CT molecular complexity index is 468. The zero-order valence-corrected chi connectivity index (χ0v) is 10.6. The van der Waals surface area contributed by atoms with E-state index in [1.165, 1.54) is 0 Å². The van der Waals surface area contributed by atoms with Crippen LogP contribution in [0.5, 0.6) is 5.75 Å². The lowest BCUT2D eigenvalue weighted by molar-refractivity contribution is -0.139. The van der Waals surface area contributed by atoms with Crippen LogP contribution in [0.25, 0.3) is 0 Å². The molecule has 0 spiro atoms. The van der Waals surface area contributed by atoms with E-state index in [4.69, 9.17) is 9.84 Å². The number of urea groups is 1. The Kier molecular flexibility index (Phi) is 5.40. The van der Waals surface area contributed by atoms with Crippen LogP contribution >= 0.6 is 0 Å². The molecule has 0 aliphatic heterocycles. The van der Waals surface area contributed by atoms with Crippen LogP contribution in [0.1, 0.15) is 6.92 Å². The highest BCUT2D eigenvalue weighted by molar-refractivity contribution is 5.89. The molecule has 0 radical (unpaired) electrons. The van der Waals surface area contributed by atoms with Crippen molar-refractivity contribution in [3.05, 3.63) is 36.4 Å². The molecule has 0 aromatic heterocycles. The van der Waals surface area contributed by atoms with Gasteiger partial charge in [-0.2, -0.15) is 0 Å². The monoisotopic (exact) mass is 264 g/mol. The number of amides is 2. The highest BCUT2D eigenvalue weighted by Crippen LogP contribution is 2.15. The molecule has 0 saturated heterocycles. The van der Waals surface area contributed by atoms with Crippen LogP contribution in [-0.4, -0.2) is 30.3 Å². The van der Waals surface area contributed by atoms with Gasteiger partial charge in [0.05, 0.1) is 0 Å². The number of rotatable bonds is 6. The van der Waals surface area contributed by atoms with Gasteiger partial charge in [0, 0.05) is 12.2 Å². The number of anilines is 1. The second-order valence-corrected chi connectivity index (χ2v) is 3.97. The van der Waals surface area contributed by atoms with Gasteiger partial charge in [-0.1, -0.05) is 12.2 Å². The molecule has 6 nitrogen and oxygen atoms in total. The smallest absolute Gasteiger partial charge is 0.341 e. The number of benzene rings is 1. The lowest BCUT2D eigenvalue weighted by Crippen LogP contribution is -2.29. The molecule has 0 bridgehead atoms. The first-order valence-electron chi connectivity index (χ1n) is 5.61. The van der Waals surface area contributed by atoms with Gasteiger partial charge < -0.3 is 20.5 Å². The van der Waals surface area contributed by atoms with Crippen LogP contribution in [0.15, 0.2) is 36.4 Å². The van der Waals surface area contributed by atoms with Gasteiger partial charge in [0.15, 0.2) is 6.61 Å². The van der Waals surface area contributed by atoms with Gasteiger partial charge in [-0.25, -0.2) is 9.59 Å². The summed E-state index contributed by atoms with van der Waals surface area (Å²) in [5.74, 6) is -0.614. The zero-order valence-electron chi connectivity index (χ0n) is 10.6. The average molecular weight is 264 g/mol. The number of carbonyl (C=O) groups is 2. The fraction of sp³-hybridized carbons (Fsp3) is 0.231. The molecule has 6 heteroatoms. The van der Waals surface area contributed by atoms with E-state index < -0.39 is 12.6 Å². The molecule has 0 heterocycles. The highest BCUT2D eigenvalue weighted by Gasteiger charge is 2.02. The normalized spacial score (nSPS) is 9.53. The van der Waals surface area contributed by atoms with Crippen molar-refractivity contribution in [1.29, 1.82) is 0 Å². The van der Waals surface area contributed by atoms with Crippen molar-refractivity contribution in [1.82, 2.24) is 5.32 Å². The summed E-state index contributed by atoms with van der Waals surface area (Å²) in [6.45, 7) is 5.50. The van der Waals surface area contributed by atoms with Gasteiger partial charge >= 0.3 is 12.0 Å². The predicted molar refractivity (Wildman–Crippen MR) is 71.4 cm³/mol. The van der Waals surface area contributed by atoms with Gasteiger partial charge in [0.1, 0.15) is 5.75 Å². The number of aliphatic carboxylic acids is 1. The Hall–Kier alpha value is -2.50. The molecule has 0 aliphatic rings. The Morgan fingerprint density at radius 2 is 1.95 bits per heavy atom. The summed E-state index contributed by atoms with van der Waals surface area (Å²) >= 11 is 0. The summed E-state index contributed by atoms with van der Waals surface area (Å²) in [5, 5.41) is 13.7. The van der Waals surface area contributed by atoms with Crippen LogP contribution in [0.3, 0.4) is 0 Å². The van der Waals surface area contributed by atoms with Crippen molar-refractivity contribution < 1.29 is 19.4 Å². The molecule has 0 aliphatic carbocycles. The molecule has 0 saturated carbocycles. The maximum absolute atomic E-state index is 11.4. The summed E-state index contributed by atoms with van der Waals surface area (Å²) < 4.78 is 4.97. The second kappa shape index (κ2) is 7.05. The summed E-state index contributed by atoms with van der Waals surface area (Å²) in [6.07, 6.45) is 0. The maximum Gasteiger partial charge on any atom is 0.341 e. The van der Waals surface area contributed by atoms with E-state index >= 15 is 0 Å².